The van der Waals surface area contributed by atoms with Crippen molar-refractivity contribution in [3.63, 3.8) is 0 Å². The van der Waals surface area contributed by atoms with E-state index in [9.17, 15) is 4.39 Å². The summed E-state index contributed by atoms with van der Waals surface area (Å²) in [6.07, 6.45) is 0.600. The summed E-state index contributed by atoms with van der Waals surface area (Å²) in [5, 5.41) is 4.50. The fourth-order valence-electron chi connectivity index (χ4n) is 2.23. The van der Waals surface area contributed by atoms with Crippen LogP contribution in [0.25, 0.3) is 0 Å². The monoisotopic (exact) mass is 389 g/mol. The highest BCUT2D eigenvalue weighted by Crippen LogP contribution is 2.28. The SMILES string of the molecule is CCNC(Cc1ccc(Cl)cc1Cl)c1ccc(Br)cc1F. The second-order valence-corrected chi connectivity index (χ2v) is 6.48. The van der Waals surface area contributed by atoms with E-state index in [-0.39, 0.29) is 11.9 Å². The van der Waals surface area contributed by atoms with Crippen molar-refractivity contribution in [1.29, 1.82) is 0 Å². The van der Waals surface area contributed by atoms with Crippen LogP contribution in [0.5, 0.6) is 0 Å². The van der Waals surface area contributed by atoms with Crippen molar-refractivity contribution >= 4 is 39.1 Å². The molecule has 0 aliphatic rings. The summed E-state index contributed by atoms with van der Waals surface area (Å²) < 4.78 is 14.9. The molecule has 1 atom stereocenters. The predicted octanol–water partition coefficient (Wildman–Crippen LogP) is 5.79. The highest BCUT2D eigenvalue weighted by Gasteiger charge is 2.17. The first-order valence-electron chi connectivity index (χ1n) is 6.63. The summed E-state index contributed by atoms with van der Waals surface area (Å²) in [5.41, 5.74) is 1.57. The van der Waals surface area contributed by atoms with Gasteiger partial charge >= 0.3 is 0 Å². The molecule has 1 unspecified atom stereocenters. The van der Waals surface area contributed by atoms with Gasteiger partial charge < -0.3 is 5.32 Å². The lowest BCUT2D eigenvalue weighted by Crippen LogP contribution is -2.24. The molecule has 5 heteroatoms. The van der Waals surface area contributed by atoms with Crippen molar-refractivity contribution in [3.8, 4) is 0 Å². The highest BCUT2D eigenvalue weighted by atomic mass is 79.9. The molecule has 0 saturated heterocycles. The molecular formula is C16H15BrCl2FN. The van der Waals surface area contributed by atoms with Crippen molar-refractivity contribution < 1.29 is 4.39 Å². The molecule has 2 aromatic carbocycles. The summed E-state index contributed by atoms with van der Waals surface area (Å²) in [6, 6.07) is 10.3. The molecule has 0 heterocycles. The molecule has 0 aliphatic heterocycles. The van der Waals surface area contributed by atoms with E-state index in [1.54, 1.807) is 18.2 Å². The van der Waals surface area contributed by atoms with Crippen LogP contribution < -0.4 is 5.32 Å². The third-order valence-electron chi connectivity index (χ3n) is 3.23. The minimum absolute atomic E-state index is 0.137. The fourth-order valence-corrected chi connectivity index (χ4v) is 3.05. The molecule has 0 amide bonds. The number of hydrogen-bond donors (Lipinski definition) is 1. The zero-order valence-electron chi connectivity index (χ0n) is 11.5. The first-order valence-corrected chi connectivity index (χ1v) is 8.18. The molecular weight excluding hydrogens is 376 g/mol. The van der Waals surface area contributed by atoms with Gasteiger partial charge in [-0.05, 0) is 42.8 Å². The Kier molecular flexibility index (Phi) is 6.06. The van der Waals surface area contributed by atoms with Crippen molar-refractivity contribution in [2.45, 2.75) is 19.4 Å². The van der Waals surface area contributed by atoms with Crippen molar-refractivity contribution in [1.82, 2.24) is 5.32 Å². The van der Waals surface area contributed by atoms with Crippen LogP contribution in [-0.2, 0) is 6.42 Å². The van der Waals surface area contributed by atoms with Crippen LogP contribution in [0.4, 0.5) is 4.39 Å². The number of hydrogen-bond acceptors (Lipinski definition) is 1. The van der Waals surface area contributed by atoms with E-state index in [2.05, 4.69) is 21.2 Å². The van der Waals surface area contributed by atoms with Crippen LogP contribution in [0, 0.1) is 5.82 Å². The Morgan fingerprint density at radius 1 is 1.19 bits per heavy atom. The van der Waals surface area contributed by atoms with Crippen LogP contribution in [0.3, 0.4) is 0 Å². The van der Waals surface area contributed by atoms with Gasteiger partial charge in [-0.2, -0.15) is 0 Å². The van der Waals surface area contributed by atoms with Gasteiger partial charge in [-0.1, -0.05) is 58.2 Å². The van der Waals surface area contributed by atoms with Crippen molar-refractivity contribution in [2.75, 3.05) is 6.54 Å². The van der Waals surface area contributed by atoms with Gasteiger partial charge in [0.25, 0.3) is 0 Å². The normalized spacial score (nSPS) is 12.4. The molecule has 1 nitrogen and oxygen atoms in total. The summed E-state index contributed by atoms with van der Waals surface area (Å²) in [5.74, 6) is -0.236. The van der Waals surface area contributed by atoms with E-state index in [1.807, 2.05) is 19.1 Å². The molecule has 0 spiro atoms. The lowest BCUT2D eigenvalue weighted by molar-refractivity contribution is 0.509. The quantitative estimate of drug-likeness (QED) is 0.681. The Bertz CT molecular complexity index is 634. The Balaban J connectivity index is 2.30. The summed E-state index contributed by atoms with van der Waals surface area (Å²) in [7, 11) is 0. The summed E-state index contributed by atoms with van der Waals surface area (Å²) >= 11 is 15.4. The second kappa shape index (κ2) is 7.59. The third kappa shape index (κ3) is 4.43. The minimum atomic E-state index is -0.236. The van der Waals surface area contributed by atoms with E-state index in [0.717, 1.165) is 16.6 Å². The smallest absolute Gasteiger partial charge is 0.129 e. The van der Waals surface area contributed by atoms with Crippen LogP contribution in [0.1, 0.15) is 24.1 Å². The maximum atomic E-state index is 14.2. The second-order valence-electron chi connectivity index (χ2n) is 4.72. The van der Waals surface area contributed by atoms with E-state index in [4.69, 9.17) is 23.2 Å². The van der Waals surface area contributed by atoms with E-state index >= 15 is 0 Å². The van der Waals surface area contributed by atoms with Gasteiger partial charge in [-0.25, -0.2) is 4.39 Å². The van der Waals surface area contributed by atoms with Gasteiger partial charge in [0, 0.05) is 26.1 Å². The zero-order chi connectivity index (χ0) is 15.4. The fraction of sp³-hybridized carbons (Fsp3) is 0.250. The first-order chi connectivity index (χ1) is 10.0. The number of nitrogens with one attached hydrogen (secondary N) is 1. The largest absolute Gasteiger partial charge is 0.310 e. The molecule has 2 aromatic rings. The standard InChI is InChI=1S/C16H15BrCl2FN/c1-2-21-16(13-6-4-11(17)8-15(13)20)7-10-3-5-12(18)9-14(10)19/h3-6,8-9,16,21H,2,7H2,1H3. The highest BCUT2D eigenvalue weighted by molar-refractivity contribution is 9.10. The molecule has 0 aliphatic carbocycles. The number of benzene rings is 2. The van der Waals surface area contributed by atoms with Gasteiger partial charge in [0.2, 0.25) is 0 Å². The number of likely N-dealkylation sites (N-methyl/N-ethyl adjacent to an activating group) is 1. The Labute approximate surface area is 142 Å². The molecule has 112 valence electrons. The summed E-state index contributed by atoms with van der Waals surface area (Å²) in [4.78, 5) is 0. The maximum Gasteiger partial charge on any atom is 0.129 e. The topological polar surface area (TPSA) is 12.0 Å². The van der Waals surface area contributed by atoms with Crippen molar-refractivity contribution in [2.24, 2.45) is 0 Å². The zero-order valence-corrected chi connectivity index (χ0v) is 14.6. The van der Waals surface area contributed by atoms with Gasteiger partial charge in [0.1, 0.15) is 5.82 Å². The minimum Gasteiger partial charge on any atom is -0.310 e. The van der Waals surface area contributed by atoms with E-state index in [1.165, 1.54) is 6.07 Å². The molecule has 0 radical (unpaired) electrons. The number of rotatable bonds is 5. The average molecular weight is 391 g/mol. The lowest BCUT2D eigenvalue weighted by Gasteiger charge is -2.20. The van der Waals surface area contributed by atoms with Crippen LogP contribution in [-0.4, -0.2) is 6.54 Å². The van der Waals surface area contributed by atoms with Crippen LogP contribution in [0.2, 0.25) is 10.0 Å². The van der Waals surface area contributed by atoms with Crippen LogP contribution >= 0.6 is 39.1 Å². The maximum absolute atomic E-state index is 14.2. The molecule has 21 heavy (non-hydrogen) atoms. The Morgan fingerprint density at radius 2 is 1.95 bits per heavy atom. The van der Waals surface area contributed by atoms with Gasteiger partial charge in [-0.15, -0.1) is 0 Å². The Morgan fingerprint density at radius 3 is 2.57 bits per heavy atom. The molecule has 0 aromatic heterocycles. The van der Waals surface area contributed by atoms with Gasteiger partial charge in [0.15, 0.2) is 0 Å². The molecule has 0 saturated carbocycles. The van der Waals surface area contributed by atoms with Crippen molar-refractivity contribution in [3.05, 3.63) is 67.9 Å². The number of halogens is 4. The predicted molar refractivity (Wildman–Crippen MR) is 90.7 cm³/mol. The molecule has 0 bridgehead atoms. The van der Waals surface area contributed by atoms with E-state index < -0.39 is 0 Å². The Hall–Kier alpha value is -0.610. The molecule has 1 N–H and O–H groups in total. The van der Waals surface area contributed by atoms with E-state index in [0.29, 0.717) is 22.0 Å². The lowest BCUT2D eigenvalue weighted by atomic mass is 9.98. The molecule has 0 fully saturated rings. The first kappa shape index (κ1) is 16.8. The molecule has 2 rings (SSSR count). The van der Waals surface area contributed by atoms with Gasteiger partial charge in [-0.3, -0.25) is 0 Å². The van der Waals surface area contributed by atoms with Gasteiger partial charge in [0.05, 0.1) is 0 Å². The van der Waals surface area contributed by atoms with Crippen LogP contribution in [0.15, 0.2) is 40.9 Å². The summed E-state index contributed by atoms with van der Waals surface area (Å²) in [6.45, 7) is 2.73. The average Bonchev–Trinajstić information content (AvgIpc) is 2.41. The third-order valence-corrected chi connectivity index (χ3v) is 4.31.